The molecule has 0 unspecified atom stereocenters. The van der Waals surface area contributed by atoms with Gasteiger partial charge in [0, 0.05) is 37.8 Å². The summed E-state index contributed by atoms with van der Waals surface area (Å²) in [5.74, 6) is -0.166. The molecule has 1 fully saturated rings. The van der Waals surface area contributed by atoms with E-state index in [0.29, 0.717) is 10.6 Å². The van der Waals surface area contributed by atoms with Gasteiger partial charge in [-0.2, -0.15) is 0 Å². The Kier molecular flexibility index (Phi) is 5.82. The SMILES string of the molecule is CCCC[C@H](c1c(F)ccc(C)c1Cl)N1CCNCC1. The predicted molar refractivity (Wildman–Crippen MR) is 82.9 cm³/mol. The maximum absolute atomic E-state index is 14.3. The largest absolute Gasteiger partial charge is 0.314 e. The Hall–Kier alpha value is -0.640. The average molecular weight is 299 g/mol. The zero-order valence-corrected chi connectivity index (χ0v) is 13.1. The molecule has 2 rings (SSSR count). The van der Waals surface area contributed by atoms with Crippen molar-refractivity contribution in [2.75, 3.05) is 26.2 Å². The standard InChI is InChI=1S/C16H24ClFN2/c1-3-4-5-14(20-10-8-19-9-11-20)15-13(18)7-6-12(2)16(15)17/h6-7,14,19H,3-5,8-11H2,1-2H3/t14-/m1/s1. The van der Waals surface area contributed by atoms with Gasteiger partial charge < -0.3 is 5.32 Å². The third kappa shape index (κ3) is 3.51. The van der Waals surface area contributed by atoms with Crippen molar-refractivity contribution in [3.8, 4) is 0 Å². The van der Waals surface area contributed by atoms with Crippen LogP contribution in [0.1, 0.15) is 43.4 Å². The number of nitrogens with zero attached hydrogens (tertiary/aromatic N) is 1. The van der Waals surface area contributed by atoms with Crippen LogP contribution in [0.25, 0.3) is 0 Å². The lowest BCUT2D eigenvalue weighted by atomic mass is 9.96. The summed E-state index contributed by atoms with van der Waals surface area (Å²) in [7, 11) is 0. The van der Waals surface area contributed by atoms with E-state index in [0.717, 1.165) is 51.0 Å². The van der Waals surface area contributed by atoms with E-state index in [1.165, 1.54) is 0 Å². The predicted octanol–water partition coefficient (Wildman–Crippen LogP) is 3.92. The van der Waals surface area contributed by atoms with Crippen molar-refractivity contribution in [2.45, 2.75) is 39.2 Å². The van der Waals surface area contributed by atoms with Gasteiger partial charge in [-0.15, -0.1) is 0 Å². The van der Waals surface area contributed by atoms with Gasteiger partial charge in [0.05, 0.1) is 5.02 Å². The van der Waals surface area contributed by atoms with Gasteiger partial charge in [-0.3, -0.25) is 4.90 Å². The van der Waals surface area contributed by atoms with Crippen molar-refractivity contribution >= 4 is 11.6 Å². The minimum Gasteiger partial charge on any atom is -0.314 e. The minimum absolute atomic E-state index is 0.101. The summed E-state index contributed by atoms with van der Waals surface area (Å²) in [5.41, 5.74) is 1.65. The fraction of sp³-hybridized carbons (Fsp3) is 0.625. The van der Waals surface area contributed by atoms with Crippen LogP contribution in [-0.4, -0.2) is 31.1 Å². The summed E-state index contributed by atoms with van der Waals surface area (Å²) in [5, 5.41) is 3.95. The maximum atomic E-state index is 14.3. The fourth-order valence-electron chi connectivity index (χ4n) is 2.88. The molecule has 1 saturated heterocycles. The molecule has 0 spiro atoms. The van der Waals surface area contributed by atoms with Crippen molar-refractivity contribution < 1.29 is 4.39 Å². The Morgan fingerprint density at radius 1 is 1.35 bits per heavy atom. The van der Waals surface area contributed by atoms with Gasteiger partial charge in [-0.05, 0) is 25.0 Å². The highest BCUT2D eigenvalue weighted by molar-refractivity contribution is 6.32. The molecule has 1 heterocycles. The van der Waals surface area contributed by atoms with E-state index < -0.39 is 0 Å². The Bertz CT molecular complexity index is 444. The van der Waals surface area contributed by atoms with Crippen LogP contribution in [0.15, 0.2) is 12.1 Å². The first-order chi connectivity index (χ1) is 9.65. The summed E-state index contributed by atoms with van der Waals surface area (Å²) < 4.78 is 14.3. The van der Waals surface area contributed by atoms with Crippen LogP contribution < -0.4 is 5.32 Å². The Balaban J connectivity index is 2.32. The van der Waals surface area contributed by atoms with E-state index in [-0.39, 0.29) is 11.9 Å². The zero-order chi connectivity index (χ0) is 14.5. The first-order valence-corrected chi connectivity index (χ1v) is 7.92. The monoisotopic (exact) mass is 298 g/mol. The molecule has 1 aliphatic heterocycles. The average Bonchev–Trinajstić information content (AvgIpc) is 2.47. The topological polar surface area (TPSA) is 15.3 Å². The fourth-order valence-corrected chi connectivity index (χ4v) is 3.16. The van der Waals surface area contributed by atoms with Crippen molar-refractivity contribution in [1.29, 1.82) is 0 Å². The molecular weight excluding hydrogens is 275 g/mol. The zero-order valence-electron chi connectivity index (χ0n) is 12.4. The van der Waals surface area contributed by atoms with Crippen LogP contribution in [0.3, 0.4) is 0 Å². The third-order valence-electron chi connectivity index (χ3n) is 4.08. The van der Waals surface area contributed by atoms with E-state index in [4.69, 9.17) is 11.6 Å². The van der Waals surface area contributed by atoms with E-state index in [9.17, 15) is 4.39 Å². The number of aryl methyl sites for hydroxylation is 1. The Morgan fingerprint density at radius 2 is 2.05 bits per heavy atom. The van der Waals surface area contributed by atoms with Gasteiger partial charge >= 0.3 is 0 Å². The highest BCUT2D eigenvalue weighted by Gasteiger charge is 2.26. The van der Waals surface area contributed by atoms with Crippen LogP contribution >= 0.6 is 11.6 Å². The molecule has 0 amide bonds. The molecule has 1 atom stereocenters. The van der Waals surface area contributed by atoms with Gasteiger partial charge in [0.25, 0.3) is 0 Å². The molecule has 0 aliphatic carbocycles. The van der Waals surface area contributed by atoms with Crippen molar-refractivity contribution in [2.24, 2.45) is 0 Å². The molecule has 112 valence electrons. The van der Waals surface area contributed by atoms with Crippen LogP contribution in [-0.2, 0) is 0 Å². The van der Waals surface area contributed by atoms with Crippen LogP contribution in [0.5, 0.6) is 0 Å². The molecule has 2 nitrogen and oxygen atoms in total. The number of hydrogen-bond donors (Lipinski definition) is 1. The van der Waals surface area contributed by atoms with E-state index in [1.807, 2.05) is 6.92 Å². The second-order valence-electron chi connectivity index (χ2n) is 5.54. The molecule has 0 aromatic heterocycles. The molecule has 1 aliphatic rings. The van der Waals surface area contributed by atoms with Gasteiger partial charge in [0.1, 0.15) is 5.82 Å². The number of nitrogens with one attached hydrogen (secondary N) is 1. The molecule has 1 N–H and O–H groups in total. The second kappa shape index (κ2) is 7.39. The summed E-state index contributed by atoms with van der Waals surface area (Å²) in [6.07, 6.45) is 3.18. The van der Waals surface area contributed by atoms with Gasteiger partial charge in [0.2, 0.25) is 0 Å². The number of piperazine rings is 1. The van der Waals surface area contributed by atoms with Gasteiger partial charge in [-0.1, -0.05) is 37.4 Å². The molecule has 4 heteroatoms. The normalized spacial score (nSPS) is 18.2. The van der Waals surface area contributed by atoms with Crippen molar-refractivity contribution in [3.63, 3.8) is 0 Å². The first-order valence-electron chi connectivity index (χ1n) is 7.54. The van der Waals surface area contributed by atoms with Crippen LogP contribution in [0.2, 0.25) is 5.02 Å². The molecule has 0 bridgehead atoms. The Morgan fingerprint density at radius 3 is 2.70 bits per heavy atom. The number of rotatable bonds is 5. The molecule has 0 saturated carbocycles. The summed E-state index contributed by atoms with van der Waals surface area (Å²) in [4.78, 5) is 2.37. The molecular formula is C16H24ClFN2. The van der Waals surface area contributed by atoms with Crippen LogP contribution in [0, 0.1) is 12.7 Å². The maximum Gasteiger partial charge on any atom is 0.129 e. The number of halogens is 2. The smallest absolute Gasteiger partial charge is 0.129 e. The molecule has 20 heavy (non-hydrogen) atoms. The van der Waals surface area contributed by atoms with Gasteiger partial charge in [0.15, 0.2) is 0 Å². The first kappa shape index (κ1) is 15.7. The summed E-state index contributed by atoms with van der Waals surface area (Å²) >= 11 is 6.41. The molecule has 0 radical (unpaired) electrons. The number of unbranched alkanes of at least 4 members (excludes halogenated alkanes) is 1. The quantitative estimate of drug-likeness (QED) is 0.886. The lowest BCUT2D eigenvalue weighted by Crippen LogP contribution is -2.45. The summed E-state index contributed by atoms with van der Waals surface area (Å²) in [6, 6.07) is 3.41. The highest BCUT2D eigenvalue weighted by atomic mass is 35.5. The lowest BCUT2D eigenvalue weighted by Gasteiger charge is -2.36. The Labute approximate surface area is 126 Å². The second-order valence-corrected chi connectivity index (χ2v) is 5.91. The van der Waals surface area contributed by atoms with Crippen molar-refractivity contribution in [3.05, 3.63) is 34.1 Å². The van der Waals surface area contributed by atoms with Crippen molar-refractivity contribution in [1.82, 2.24) is 10.2 Å². The molecule has 1 aromatic carbocycles. The molecule has 1 aromatic rings. The number of benzene rings is 1. The van der Waals surface area contributed by atoms with E-state index in [2.05, 4.69) is 17.1 Å². The minimum atomic E-state index is -0.166. The van der Waals surface area contributed by atoms with Crippen LogP contribution in [0.4, 0.5) is 4.39 Å². The number of hydrogen-bond acceptors (Lipinski definition) is 2. The van der Waals surface area contributed by atoms with Gasteiger partial charge in [-0.25, -0.2) is 4.39 Å². The summed E-state index contributed by atoms with van der Waals surface area (Å²) in [6.45, 7) is 7.96. The van der Waals surface area contributed by atoms with E-state index in [1.54, 1.807) is 12.1 Å². The highest BCUT2D eigenvalue weighted by Crippen LogP contribution is 2.35. The third-order valence-corrected chi connectivity index (χ3v) is 4.58. The van der Waals surface area contributed by atoms with E-state index >= 15 is 0 Å². The lowest BCUT2D eigenvalue weighted by molar-refractivity contribution is 0.160.